The molecule has 2 aromatic heterocycles. The highest BCUT2D eigenvalue weighted by atomic mass is 35.5. The molecule has 0 bridgehead atoms. The van der Waals surface area contributed by atoms with Gasteiger partial charge in [-0.3, -0.25) is 15.0 Å². The standard InChI is InChI=1S/C27H35N7O4S.ClH/c1-33(26(35)18-6-10-38-11-7-18)17-20-13-19-5-4-9-34(24(19)32-25(20)37-2)27(36)31-23-14-22(29-8-12-39-3)21(15-28)16-30-23;/h13-14,16,18H,4-12,17H2,1-3H3,(H2,29,30,31,36);1H. The number of anilines is 3. The Kier molecular flexibility index (Phi) is 11.7. The maximum absolute atomic E-state index is 13.3. The van der Waals surface area contributed by atoms with Crippen LogP contribution in [0.1, 0.15) is 36.0 Å². The fourth-order valence-electron chi connectivity index (χ4n) is 4.83. The lowest BCUT2D eigenvalue weighted by atomic mass is 9.98. The lowest BCUT2D eigenvalue weighted by Gasteiger charge is -2.30. The summed E-state index contributed by atoms with van der Waals surface area (Å²) >= 11 is 1.70. The Bertz CT molecular complexity index is 1240. The molecule has 11 nitrogen and oxygen atoms in total. The Hall–Kier alpha value is -3.27. The Labute approximate surface area is 245 Å². The maximum Gasteiger partial charge on any atom is 0.328 e. The van der Waals surface area contributed by atoms with Gasteiger partial charge in [0.25, 0.3) is 0 Å². The quantitative estimate of drug-likeness (QED) is 0.417. The van der Waals surface area contributed by atoms with Gasteiger partial charge in [-0.15, -0.1) is 12.4 Å². The first-order valence-electron chi connectivity index (χ1n) is 13.1. The summed E-state index contributed by atoms with van der Waals surface area (Å²) in [4.78, 5) is 38.5. The zero-order valence-corrected chi connectivity index (χ0v) is 24.7. The number of fused-ring (bicyclic) bond motifs is 1. The largest absolute Gasteiger partial charge is 0.481 e. The number of nitriles is 1. The second kappa shape index (κ2) is 14.9. The Morgan fingerprint density at radius 2 is 2.10 bits per heavy atom. The number of nitrogens with zero attached hydrogens (tertiary/aromatic N) is 5. The van der Waals surface area contributed by atoms with E-state index in [4.69, 9.17) is 14.5 Å². The minimum atomic E-state index is -0.364. The smallest absolute Gasteiger partial charge is 0.328 e. The number of pyridine rings is 2. The summed E-state index contributed by atoms with van der Waals surface area (Å²) in [5, 5.41) is 15.5. The number of thioether (sulfide) groups is 1. The van der Waals surface area contributed by atoms with Gasteiger partial charge < -0.3 is 19.7 Å². The van der Waals surface area contributed by atoms with Gasteiger partial charge in [-0.05, 0) is 43.6 Å². The minimum Gasteiger partial charge on any atom is -0.481 e. The predicted molar refractivity (Wildman–Crippen MR) is 159 cm³/mol. The Morgan fingerprint density at radius 3 is 2.80 bits per heavy atom. The molecule has 0 unspecified atom stereocenters. The van der Waals surface area contributed by atoms with Crippen molar-refractivity contribution in [2.75, 3.05) is 68.0 Å². The average Bonchev–Trinajstić information content (AvgIpc) is 2.96. The number of aryl methyl sites for hydroxylation is 1. The van der Waals surface area contributed by atoms with Gasteiger partial charge in [0.15, 0.2) is 0 Å². The molecule has 4 rings (SSSR count). The maximum atomic E-state index is 13.3. The summed E-state index contributed by atoms with van der Waals surface area (Å²) < 4.78 is 11.0. The summed E-state index contributed by atoms with van der Waals surface area (Å²) in [5.41, 5.74) is 2.76. The Morgan fingerprint density at radius 1 is 1.32 bits per heavy atom. The molecule has 0 spiro atoms. The minimum absolute atomic E-state index is 0. The van der Waals surface area contributed by atoms with Crippen molar-refractivity contribution in [3.63, 3.8) is 0 Å². The highest BCUT2D eigenvalue weighted by molar-refractivity contribution is 7.98. The van der Waals surface area contributed by atoms with Crippen molar-refractivity contribution >= 4 is 53.4 Å². The van der Waals surface area contributed by atoms with E-state index in [9.17, 15) is 14.9 Å². The molecule has 1 saturated heterocycles. The molecule has 216 valence electrons. The monoisotopic (exact) mass is 589 g/mol. The second-order valence-corrected chi connectivity index (χ2v) is 10.5. The van der Waals surface area contributed by atoms with E-state index in [1.54, 1.807) is 34.7 Å². The summed E-state index contributed by atoms with van der Waals surface area (Å²) in [6, 6.07) is 5.42. The fourth-order valence-corrected chi connectivity index (χ4v) is 5.14. The lowest BCUT2D eigenvalue weighted by Crippen LogP contribution is -2.40. The number of rotatable bonds is 9. The number of methoxy groups -OCH3 is 1. The van der Waals surface area contributed by atoms with Gasteiger partial charge in [-0.2, -0.15) is 22.0 Å². The van der Waals surface area contributed by atoms with Gasteiger partial charge in [0.2, 0.25) is 11.8 Å². The highest BCUT2D eigenvalue weighted by Crippen LogP contribution is 2.32. The van der Waals surface area contributed by atoms with Gasteiger partial charge >= 0.3 is 6.03 Å². The molecule has 2 aliphatic heterocycles. The van der Waals surface area contributed by atoms with Gasteiger partial charge in [0, 0.05) is 62.8 Å². The topological polar surface area (TPSA) is 133 Å². The number of carbonyl (C=O) groups is 2. The number of nitrogens with one attached hydrogen (secondary N) is 2. The van der Waals surface area contributed by atoms with Crippen molar-refractivity contribution in [1.29, 1.82) is 5.26 Å². The number of urea groups is 1. The van der Waals surface area contributed by atoms with Crippen LogP contribution in [0.4, 0.5) is 22.1 Å². The van der Waals surface area contributed by atoms with E-state index in [1.165, 1.54) is 13.3 Å². The number of amides is 3. The van der Waals surface area contributed by atoms with Gasteiger partial charge in [-0.25, -0.2) is 9.78 Å². The van der Waals surface area contributed by atoms with Gasteiger partial charge in [0.05, 0.1) is 24.9 Å². The summed E-state index contributed by atoms with van der Waals surface area (Å²) in [6.07, 6.45) is 6.46. The summed E-state index contributed by atoms with van der Waals surface area (Å²) in [5.74, 6) is 2.21. The van der Waals surface area contributed by atoms with Crippen molar-refractivity contribution in [3.8, 4) is 11.9 Å². The number of carbonyl (C=O) groups excluding carboxylic acids is 2. The van der Waals surface area contributed by atoms with Crippen molar-refractivity contribution in [2.45, 2.75) is 32.2 Å². The molecule has 0 aliphatic carbocycles. The van der Waals surface area contributed by atoms with Crippen LogP contribution in [0.2, 0.25) is 0 Å². The molecule has 13 heteroatoms. The molecule has 0 atom stereocenters. The highest BCUT2D eigenvalue weighted by Gasteiger charge is 2.29. The van der Waals surface area contributed by atoms with Crippen molar-refractivity contribution in [3.05, 3.63) is 35.0 Å². The molecule has 2 aromatic rings. The second-order valence-electron chi connectivity index (χ2n) is 9.55. The van der Waals surface area contributed by atoms with E-state index >= 15 is 0 Å². The Balaban J connectivity index is 0.00000441. The molecule has 0 radical (unpaired) electrons. The number of halogens is 1. The number of ether oxygens (including phenoxy) is 2. The molecular weight excluding hydrogens is 554 g/mol. The van der Waals surface area contributed by atoms with E-state index in [2.05, 4.69) is 21.7 Å². The van der Waals surface area contributed by atoms with Crippen LogP contribution in [0.3, 0.4) is 0 Å². The van der Waals surface area contributed by atoms with Crippen LogP contribution in [0.25, 0.3) is 0 Å². The average molecular weight is 590 g/mol. The fraction of sp³-hybridized carbons (Fsp3) is 0.519. The van der Waals surface area contributed by atoms with Crippen LogP contribution >= 0.6 is 24.2 Å². The van der Waals surface area contributed by atoms with Crippen LogP contribution < -0.4 is 20.3 Å². The normalized spacial score (nSPS) is 14.8. The van der Waals surface area contributed by atoms with E-state index in [0.29, 0.717) is 61.6 Å². The molecule has 40 heavy (non-hydrogen) atoms. The lowest BCUT2D eigenvalue weighted by molar-refractivity contribution is -0.137. The van der Waals surface area contributed by atoms with Gasteiger partial charge in [0.1, 0.15) is 17.7 Å². The van der Waals surface area contributed by atoms with Crippen LogP contribution in [0.15, 0.2) is 18.3 Å². The third-order valence-corrected chi connectivity index (χ3v) is 7.49. The molecular formula is C27H36ClN7O4S. The summed E-state index contributed by atoms with van der Waals surface area (Å²) in [7, 11) is 3.34. The third kappa shape index (κ3) is 7.47. The summed E-state index contributed by atoms with van der Waals surface area (Å²) in [6.45, 7) is 2.77. The first kappa shape index (κ1) is 31.3. The van der Waals surface area contributed by atoms with E-state index in [1.807, 2.05) is 12.3 Å². The number of aromatic nitrogens is 2. The van der Waals surface area contributed by atoms with Crippen LogP contribution in [0, 0.1) is 17.2 Å². The number of hydrogen-bond donors (Lipinski definition) is 2. The first-order chi connectivity index (χ1) is 18.9. The molecule has 1 fully saturated rings. The van der Waals surface area contributed by atoms with Crippen molar-refractivity contribution < 1.29 is 19.1 Å². The molecule has 0 aromatic carbocycles. The number of hydrogen-bond acceptors (Lipinski definition) is 9. The van der Waals surface area contributed by atoms with E-state index in [0.717, 1.165) is 42.6 Å². The predicted octanol–water partition coefficient (Wildman–Crippen LogP) is 3.92. The zero-order chi connectivity index (χ0) is 27.8. The van der Waals surface area contributed by atoms with Crippen molar-refractivity contribution in [1.82, 2.24) is 14.9 Å². The first-order valence-corrected chi connectivity index (χ1v) is 14.5. The van der Waals surface area contributed by atoms with Gasteiger partial charge in [-0.1, -0.05) is 0 Å². The molecule has 3 amide bonds. The molecule has 2 aliphatic rings. The third-order valence-electron chi connectivity index (χ3n) is 6.88. The molecule has 2 N–H and O–H groups in total. The SMILES string of the molecule is COc1nc2c(cc1CN(C)C(=O)C1CCOCC1)CCCN2C(=O)Nc1cc(NCCSC)c(C#N)cn1.Cl. The van der Waals surface area contributed by atoms with Crippen LogP contribution in [0.5, 0.6) is 5.88 Å². The zero-order valence-electron chi connectivity index (χ0n) is 23.1. The van der Waals surface area contributed by atoms with Crippen molar-refractivity contribution in [2.24, 2.45) is 5.92 Å². The van der Waals surface area contributed by atoms with Crippen LogP contribution in [-0.4, -0.2) is 79.3 Å². The van der Waals surface area contributed by atoms with E-state index in [-0.39, 0.29) is 30.3 Å². The van der Waals surface area contributed by atoms with E-state index < -0.39 is 0 Å². The molecule has 0 saturated carbocycles. The van der Waals surface area contributed by atoms with Crippen LogP contribution in [-0.2, 0) is 22.5 Å². The molecule has 4 heterocycles.